The van der Waals surface area contributed by atoms with Gasteiger partial charge in [0, 0.05) is 11.5 Å². The number of Topliss-reactive ketones (excluding diaryl/α,β-unsaturated/α-hetero) is 2. The second-order valence-corrected chi connectivity index (χ2v) is 11.4. The van der Waals surface area contributed by atoms with E-state index in [2.05, 4.69) is 20.8 Å². The van der Waals surface area contributed by atoms with Crippen molar-refractivity contribution in [2.75, 3.05) is 0 Å². The summed E-state index contributed by atoms with van der Waals surface area (Å²) >= 11 is 0. The first-order valence-electron chi connectivity index (χ1n) is 10.9. The number of rotatable bonds is 2. The maximum Gasteiger partial charge on any atom is 0.175 e. The highest BCUT2D eigenvalue weighted by atomic mass is 16.5. The Bertz CT molecular complexity index is 737. The van der Waals surface area contributed by atoms with Crippen molar-refractivity contribution in [2.45, 2.75) is 92.6 Å². The zero-order chi connectivity index (χ0) is 20.0. The molecule has 1 aliphatic heterocycles. The molecule has 3 saturated carbocycles. The van der Waals surface area contributed by atoms with Gasteiger partial charge < -0.3 is 4.74 Å². The topological polar surface area (TPSA) is 43.4 Å². The summed E-state index contributed by atoms with van der Waals surface area (Å²) in [6.07, 6.45) is 6.53. The van der Waals surface area contributed by atoms with E-state index in [1.54, 1.807) is 13.8 Å². The average Bonchev–Trinajstić information content (AvgIpc) is 2.59. The van der Waals surface area contributed by atoms with E-state index < -0.39 is 10.8 Å². The predicted molar refractivity (Wildman–Crippen MR) is 106 cm³/mol. The van der Waals surface area contributed by atoms with Gasteiger partial charge >= 0.3 is 0 Å². The van der Waals surface area contributed by atoms with Gasteiger partial charge in [-0.25, -0.2) is 0 Å². The summed E-state index contributed by atoms with van der Waals surface area (Å²) in [5.74, 6) is 2.31. The normalized spacial score (nSPS) is 41.1. The van der Waals surface area contributed by atoms with Crippen LogP contribution in [0.15, 0.2) is 11.3 Å². The molecule has 27 heavy (non-hydrogen) atoms. The van der Waals surface area contributed by atoms with Crippen molar-refractivity contribution in [3.63, 3.8) is 0 Å². The Kier molecular flexibility index (Phi) is 3.90. The molecular formula is C24H36O3. The van der Waals surface area contributed by atoms with E-state index in [1.165, 1.54) is 12.8 Å². The van der Waals surface area contributed by atoms with Crippen LogP contribution in [0.5, 0.6) is 0 Å². The number of carbonyl (C=O) groups is 2. The van der Waals surface area contributed by atoms with Crippen LogP contribution < -0.4 is 0 Å². The Morgan fingerprint density at radius 1 is 1.04 bits per heavy atom. The molecule has 0 radical (unpaired) electrons. The minimum Gasteiger partial charge on any atom is -0.490 e. The number of fused-ring (bicyclic) bond motifs is 1. The van der Waals surface area contributed by atoms with E-state index >= 15 is 0 Å². The minimum absolute atomic E-state index is 0.00704. The highest BCUT2D eigenvalue weighted by Gasteiger charge is 2.66. The summed E-state index contributed by atoms with van der Waals surface area (Å²) in [6.45, 7) is 14.5. The first kappa shape index (κ1) is 19.2. The maximum absolute atomic E-state index is 13.4. The summed E-state index contributed by atoms with van der Waals surface area (Å²) in [6, 6.07) is 0. The minimum atomic E-state index is -0.949. The van der Waals surface area contributed by atoms with E-state index in [4.69, 9.17) is 4.74 Å². The Hall–Kier alpha value is -1.12. The van der Waals surface area contributed by atoms with Crippen molar-refractivity contribution in [1.82, 2.24) is 0 Å². The van der Waals surface area contributed by atoms with Crippen LogP contribution in [0.3, 0.4) is 0 Å². The van der Waals surface area contributed by atoms with Gasteiger partial charge in [-0.1, -0.05) is 27.2 Å². The van der Waals surface area contributed by atoms with Gasteiger partial charge in [-0.2, -0.15) is 0 Å². The molecule has 0 aromatic rings. The third-order valence-electron chi connectivity index (χ3n) is 8.72. The van der Waals surface area contributed by atoms with Crippen molar-refractivity contribution in [2.24, 2.45) is 34.0 Å². The Morgan fingerprint density at radius 3 is 2.26 bits per heavy atom. The lowest BCUT2D eigenvalue weighted by atomic mass is 9.42. The summed E-state index contributed by atoms with van der Waals surface area (Å²) in [5.41, 5.74) is -0.710. The molecule has 3 nitrogen and oxygen atoms in total. The first-order valence-corrected chi connectivity index (χ1v) is 10.9. The summed E-state index contributed by atoms with van der Waals surface area (Å²) in [5, 5.41) is 0. The van der Waals surface area contributed by atoms with Gasteiger partial charge in [0.1, 0.15) is 11.4 Å². The molecule has 0 unspecified atom stereocenters. The van der Waals surface area contributed by atoms with Crippen molar-refractivity contribution in [3.8, 4) is 0 Å². The van der Waals surface area contributed by atoms with Crippen molar-refractivity contribution in [3.05, 3.63) is 11.3 Å². The maximum atomic E-state index is 13.4. The lowest BCUT2D eigenvalue weighted by Crippen LogP contribution is -2.65. The van der Waals surface area contributed by atoms with Crippen LogP contribution in [-0.4, -0.2) is 17.2 Å². The molecule has 0 aromatic heterocycles. The van der Waals surface area contributed by atoms with E-state index in [9.17, 15) is 9.59 Å². The molecule has 150 valence electrons. The standard InChI is InChI=1S/C24H36O3/c1-8-9-14-13-24(11-10-15-12-16(24)21(15,2)3)27-19-17(14)18(25)22(4,5)20(26)23(19,6)7/h14-16H,8-13H2,1-7H3/t14-,15-,16+,24+/m0/s1. The lowest BCUT2D eigenvalue weighted by molar-refractivity contribution is -0.230. The van der Waals surface area contributed by atoms with Gasteiger partial charge in [0.2, 0.25) is 0 Å². The number of ketones is 2. The van der Waals surface area contributed by atoms with Crippen molar-refractivity contribution in [1.29, 1.82) is 0 Å². The zero-order valence-electron chi connectivity index (χ0n) is 18.2. The Balaban J connectivity index is 1.85. The molecule has 4 atom stereocenters. The van der Waals surface area contributed by atoms with E-state index in [-0.39, 0.29) is 23.1 Å². The van der Waals surface area contributed by atoms with Gasteiger partial charge in [0.25, 0.3) is 0 Å². The van der Waals surface area contributed by atoms with Gasteiger partial charge in [-0.15, -0.1) is 0 Å². The number of carbonyl (C=O) groups excluding carboxylic acids is 2. The van der Waals surface area contributed by atoms with Crippen LogP contribution in [0, 0.1) is 34.0 Å². The van der Waals surface area contributed by atoms with Crippen LogP contribution in [0.25, 0.3) is 0 Å². The average molecular weight is 373 g/mol. The summed E-state index contributed by atoms with van der Waals surface area (Å²) < 4.78 is 6.87. The van der Waals surface area contributed by atoms with Crippen LogP contribution in [0.1, 0.15) is 87.0 Å². The molecule has 3 fully saturated rings. The molecule has 0 saturated heterocycles. The fourth-order valence-electron chi connectivity index (χ4n) is 7.03. The second-order valence-electron chi connectivity index (χ2n) is 11.4. The van der Waals surface area contributed by atoms with Crippen LogP contribution in [0.2, 0.25) is 0 Å². The summed E-state index contributed by atoms with van der Waals surface area (Å²) in [4.78, 5) is 26.6. The fraction of sp³-hybridized carbons (Fsp3) is 0.833. The predicted octanol–water partition coefficient (Wildman–Crippen LogP) is 5.48. The lowest BCUT2D eigenvalue weighted by Gasteiger charge is -2.67. The number of hydrogen-bond donors (Lipinski definition) is 0. The zero-order valence-corrected chi connectivity index (χ0v) is 18.2. The first-order chi connectivity index (χ1) is 12.4. The van der Waals surface area contributed by atoms with Gasteiger partial charge in [0.05, 0.1) is 10.8 Å². The van der Waals surface area contributed by atoms with Gasteiger partial charge in [-0.3, -0.25) is 9.59 Å². The molecular weight excluding hydrogens is 336 g/mol. The third kappa shape index (κ3) is 2.26. The monoisotopic (exact) mass is 372 g/mol. The molecule has 5 rings (SSSR count). The molecule has 2 bridgehead atoms. The Morgan fingerprint density at radius 2 is 1.70 bits per heavy atom. The van der Waals surface area contributed by atoms with Crippen LogP contribution in [0.4, 0.5) is 0 Å². The molecule has 4 aliphatic carbocycles. The fourth-order valence-corrected chi connectivity index (χ4v) is 7.03. The molecule has 0 aromatic carbocycles. The number of allylic oxidation sites excluding steroid dienone is 2. The Labute approximate surface area is 164 Å². The van der Waals surface area contributed by atoms with Crippen LogP contribution in [-0.2, 0) is 14.3 Å². The van der Waals surface area contributed by atoms with E-state index in [0.29, 0.717) is 11.3 Å². The van der Waals surface area contributed by atoms with Crippen LogP contribution >= 0.6 is 0 Å². The number of hydrogen-bond acceptors (Lipinski definition) is 3. The smallest absolute Gasteiger partial charge is 0.175 e. The quantitative estimate of drug-likeness (QED) is 0.603. The molecule has 0 amide bonds. The molecule has 1 heterocycles. The molecule has 3 heteroatoms. The largest absolute Gasteiger partial charge is 0.490 e. The van der Waals surface area contributed by atoms with Gasteiger partial charge in [-0.05, 0) is 77.0 Å². The van der Waals surface area contributed by atoms with E-state index in [0.717, 1.165) is 42.9 Å². The van der Waals surface area contributed by atoms with Gasteiger partial charge in [0.15, 0.2) is 11.6 Å². The van der Waals surface area contributed by atoms with Crippen molar-refractivity contribution >= 4 is 11.6 Å². The second kappa shape index (κ2) is 5.48. The SMILES string of the molecule is CCC[C@H]1C[C@@]2(CC[C@H]3C[C@@H]2C3(C)C)OC2=C1C(=O)C(C)(C)C(=O)C2(C)C. The number of ether oxygens (including phenoxy) is 1. The molecule has 1 spiro atoms. The molecule has 0 N–H and O–H groups in total. The highest BCUT2D eigenvalue weighted by Crippen LogP contribution is 2.68. The van der Waals surface area contributed by atoms with Crippen molar-refractivity contribution < 1.29 is 14.3 Å². The molecule has 5 aliphatic rings. The van der Waals surface area contributed by atoms with E-state index in [1.807, 2.05) is 13.8 Å². The summed E-state index contributed by atoms with van der Waals surface area (Å²) in [7, 11) is 0. The highest BCUT2D eigenvalue weighted by molar-refractivity contribution is 6.19. The third-order valence-corrected chi connectivity index (χ3v) is 8.72.